The second kappa shape index (κ2) is 6.75. The lowest BCUT2D eigenvalue weighted by Crippen LogP contribution is -2.47. The van der Waals surface area contributed by atoms with E-state index in [1.165, 1.54) is 32.5 Å². The second-order valence-corrected chi connectivity index (χ2v) is 6.75. The molecule has 0 atom stereocenters. The summed E-state index contributed by atoms with van der Waals surface area (Å²) in [7, 11) is 0. The fourth-order valence-corrected chi connectivity index (χ4v) is 2.88. The zero-order valence-corrected chi connectivity index (χ0v) is 13.4. The van der Waals surface area contributed by atoms with Gasteiger partial charge >= 0.3 is 0 Å². The van der Waals surface area contributed by atoms with Crippen LogP contribution in [0, 0.1) is 5.92 Å². The largest absolute Gasteiger partial charge is 0.354 e. The van der Waals surface area contributed by atoms with Crippen LogP contribution in [-0.4, -0.2) is 48.6 Å². The van der Waals surface area contributed by atoms with Gasteiger partial charge < -0.3 is 10.2 Å². The van der Waals surface area contributed by atoms with Crippen molar-refractivity contribution in [1.29, 1.82) is 0 Å². The molecule has 1 aliphatic carbocycles. The number of piperazine rings is 1. The summed E-state index contributed by atoms with van der Waals surface area (Å²) in [5, 5.41) is 3.44. The monoisotopic (exact) mass is 288 g/mol. The molecule has 4 heteroatoms. The second-order valence-electron chi connectivity index (χ2n) is 6.75. The number of nitrogens with zero attached hydrogens (tertiary/aromatic N) is 3. The lowest BCUT2D eigenvalue weighted by atomic mass is 10.2. The Balaban J connectivity index is 1.53. The highest BCUT2D eigenvalue weighted by Crippen LogP contribution is 2.30. The molecule has 1 saturated carbocycles. The van der Waals surface area contributed by atoms with E-state index >= 15 is 0 Å². The molecule has 1 aromatic rings. The smallest absolute Gasteiger partial charge is 0.128 e. The van der Waals surface area contributed by atoms with E-state index in [0.717, 1.165) is 37.1 Å². The molecule has 4 nitrogen and oxygen atoms in total. The SMILES string of the molecule is CC(C)NCc1cccc(N2CCN(CC3CC3)CC2)n1. The molecule has 0 amide bonds. The molecular weight excluding hydrogens is 260 g/mol. The summed E-state index contributed by atoms with van der Waals surface area (Å²) in [6, 6.07) is 6.90. The zero-order valence-electron chi connectivity index (χ0n) is 13.4. The number of hydrogen-bond donors (Lipinski definition) is 1. The fourth-order valence-electron chi connectivity index (χ4n) is 2.88. The van der Waals surface area contributed by atoms with Gasteiger partial charge in [-0.1, -0.05) is 19.9 Å². The Morgan fingerprint density at radius 2 is 1.95 bits per heavy atom. The van der Waals surface area contributed by atoms with E-state index in [9.17, 15) is 0 Å². The highest BCUT2D eigenvalue weighted by atomic mass is 15.3. The van der Waals surface area contributed by atoms with Crippen LogP contribution in [-0.2, 0) is 6.54 Å². The standard InChI is InChI=1S/C17H28N4/c1-14(2)18-12-16-4-3-5-17(19-16)21-10-8-20(9-11-21)13-15-6-7-15/h3-5,14-15,18H,6-13H2,1-2H3. The van der Waals surface area contributed by atoms with Crippen molar-refractivity contribution in [2.75, 3.05) is 37.6 Å². The van der Waals surface area contributed by atoms with Crippen LogP contribution in [0.1, 0.15) is 32.4 Å². The van der Waals surface area contributed by atoms with Gasteiger partial charge in [0.15, 0.2) is 0 Å². The molecular formula is C17H28N4. The molecule has 2 heterocycles. The van der Waals surface area contributed by atoms with Crippen molar-refractivity contribution in [2.24, 2.45) is 5.92 Å². The van der Waals surface area contributed by atoms with E-state index in [2.05, 4.69) is 47.2 Å². The molecule has 0 aromatic carbocycles. The number of nitrogens with one attached hydrogen (secondary N) is 1. The molecule has 1 aromatic heterocycles. The van der Waals surface area contributed by atoms with Gasteiger partial charge in [-0.3, -0.25) is 4.90 Å². The normalized spacial score (nSPS) is 20.2. The van der Waals surface area contributed by atoms with Crippen molar-refractivity contribution in [3.8, 4) is 0 Å². The Morgan fingerprint density at radius 3 is 2.62 bits per heavy atom. The number of anilines is 1. The van der Waals surface area contributed by atoms with Crippen molar-refractivity contribution in [1.82, 2.24) is 15.2 Å². The maximum atomic E-state index is 4.81. The van der Waals surface area contributed by atoms with Crippen molar-refractivity contribution in [3.63, 3.8) is 0 Å². The van der Waals surface area contributed by atoms with Gasteiger partial charge in [0.2, 0.25) is 0 Å². The first-order chi connectivity index (χ1) is 10.2. The minimum atomic E-state index is 0.501. The maximum Gasteiger partial charge on any atom is 0.128 e. The molecule has 3 rings (SSSR count). The molecule has 2 fully saturated rings. The molecule has 1 aliphatic heterocycles. The summed E-state index contributed by atoms with van der Waals surface area (Å²) in [6.45, 7) is 11.1. The first kappa shape index (κ1) is 14.8. The quantitative estimate of drug-likeness (QED) is 0.869. The predicted molar refractivity (Wildman–Crippen MR) is 87.6 cm³/mol. The molecule has 116 valence electrons. The highest BCUT2D eigenvalue weighted by Gasteiger charge is 2.26. The summed E-state index contributed by atoms with van der Waals surface area (Å²) in [5.41, 5.74) is 1.14. The Morgan fingerprint density at radius 1 is 1.19 bits per heavy atom. The fraction of sp³-hybridized carbons (Fsp3) is 0.706. The minimum absolute atomic E-state index is 0.501. The first-order valence-electron chi connectivity index (χ1n) is 8.37. The number of aromatic nitrogens is 1. The van der Waals surface area contributed by atoms with Crippen LogP contribution in [0.4, 0.5) is 5.82 Å². The summed E-state index contributed by atoms with van der Waals surface area (Å²) < 4.78 is 0. The first-order valence-corrected chi connectivity index (χ1v) is 8.37. The van der Waals surface area contributed by atoms with Crippen LogP contribution in [0.2, 0.25) is 0 Å². The van der Waals surface area contributed by atoms with Gasteiger partial charge in [-0.25, -0.2) is 4.98 Å². The Hall–Kier alpha value is -1.13. The zero-order chi connectivity index (χ0) is 14.7. The summed E-state index contributed by atoms with van der Waals surface area (Å²) >= 11 is 0. The number of hydrogen-bond acceptors (Lipinski definition) is 4. The molecule has 2 aliphatic rings. The van der Waals surface area contributed by atoms with Crippen molar-refractivity contribution in [3.05, 3.63) is 23.9 Å². The Bertz CT molecular complexity index is 448. The van der Waals surface area contributed by atoms with Crippen LogP contribution in [0.5, 0.6) is 0 Å². The molecule has 1 N–H and O–H groups in total. The Kier molecular flexibility index (Phi) is 4.76. The third-order valence-corrected chi connectivity index (χ3v) is 4.39. The highest BCUT2D eigenvalue weighted by molar-refractivity contribution is 5.39. The van der Waals surface area contributed by atoms with Gasteiger partial charge in [0, 0.05) is 45.3 Å². The molecule has 1 saturated heterocycles. The molecule has 0 spiro atoms. The van der Waals surface area contributed by atoms with Gasteiger partial charge in [0.1, 0.15) is 5.82 Å². The van der Waals surface area contributed by atoms with E-state index in [0.29, 0.717) is 6.04 Å². The number of rotatable bonds is 6. The molecule has 0 unspecified atom stereocenters. The van der Waals surface area contributed by atoms with Crippen LogP contribution in [0.15, 0.2) is 18.2 Å². The molecule has 0 radical (unpaired) electrons. The van der Waals surface area contributed by atoms with Crippen LogP contribution in [0.25, 0.3) is 0 Å². The van der Waals surface area contributed by atoms with E-state index < -0.39 is 0 Å². The summed E-state index contributed by atoms with van der Waals surface area (Å²) in [5.74, 6) is 2.14. The lowest BCUT2D eigenvalue weighted by molar-refractivity contribution is 0.247. The van der Waals surface area contributed by atoms with Crippen LogP contribution >= 0.6 is 0 Å². The minimum Gasteiger partial charge on any atom is -0.354 e. The number of pyridine rings is 1. The summed E-state index contributed by atoms with van der Waals surface area (Å²) in [4.78, 5) is 9.87. The van der Waals surface area contributed by atoms with Crippen LogP contribution in [0.3, 0.4) is 0 Å². The van der Waals surface area contributed by atoms with E-state index in [4.69, 9.17) is 4.98 Å². The van der Waals surface area contributed by atoms with Crippen molar-refractivity contribution >= 4 is 5.82 Å². The third kappa shape index (κ3) is 4.42. The summed E-state index contributed by atoms with van der Waals surface area (Å²) in [6.07, 6.45) is 2.90. The van der Waals surface area contributed by atoms with E-state index in [1.54, 1.807) is 0 Å². The Labute approximate surface area is 128 Å². The lowest BCUT2D eigenvalue weighted by Gasteiger charge is -2.35. The van der Waals surface area contributed by atoms with Crippen LogP contribution < -0.4 is 10.2 Å². The van der Waals surface area contributed by atoms with E-state index in [-0.39, 0.29) is 0 Å². The van der Waals surface area contributed by atoms with Gasteiger partial charge in [0.25, 0.3) is 0 Å². The average Bonchev–Trinajstić information content (AvgIpc) is 3.30. The topological polar surface area (TPSA) is 31.4 Å². The van der Waals surface area contributed by atoms with Crippen molar-refractivity contribution < 1.29 is 0 Å². The molecule has 21 heavy (non-hydrogen) atoms. The maximum absolute atomic E-state index is 4.81. The van der Waals surface area contributed by atoms with Gasteiger partial charge in [0.05, 0.1) is 5.69 Å². The van der Waals surface area contributed by atoms with Gasteiger partial charge in [-0.05, 0) is 30.9 Å². The molecule has 0 bridgehead atoms. The van der Waals surface area contributed by atoms with Gasteiger partial charge in [-0.2, -0.15) is 0 Å². The van der Waals surface area contributed by atoms with Gasteiger partial charge in [-0.15, -0.1) is 0 Å². The average molecular weight is 288 g/mol. The van der Waals surface area contributed by atoms with Crippen molar-refractivity contribution in [2.45, 2.75) is 39.3 Å². The predicted octanol–water partition coefficient (Wildman–Crippen LogP) is 2.11. The third-order valence-electron chi connectivity index (χ3n) is 4.39. The van der Waals surface area contributed by atoms with E-state index in [1.807, 2.05) is 0 Å².